The second-order valence-electron chi connectivity index (χ2n) is 3.80. The highest BCUT2D eigenvalue weighted by molar-refractivity contribution is 5.76. The van der Waals surface area contributed by atoms with Gasteiger partial charge in [-0.05, 0) is 6.92 Å². The molecule has 1 aliphatic heterocycles. The van der Waals surface area contributed by atoms with E-state index in [1.807, 2.05) is 6.92 Å². The lowest BCUT2D eigenvalue weighted by atomic mass is 10.2. The molecule has 1 heterocycles. The largest absolute Gasteiger partial charge is 0.481 e. The number of carbonyl (C=O) groups excluding carboxylic acids is 1. The van der Waals surface area contributed by atoms with Crippen molar-refractivity contribution in [2.45, 2.75) is 32.0 Å². The Morgan fingerprint density at radius 3 is 2.81 bits per heavy atom. The first kappa shape index (κ1) is 12.9. The number of morpholine rings is 1. The molecule has 1 saturated heterocycles. The minimum Gasteiger partial charge on any atom is -0.481 e. The molecule has 6 heteroatoms. The molecule has 2 unspecified atom stereocenters. The number of carboxylic acid groups (broad SMARTS) is 1. The van der Waals surface area contributed by atoms with Gasteiger partial charge >= 0.3 is 11.9 Å². The van der Waals surface area contributed by atoms with E-state index in [0.29, 0.717) is 6.54 Å². The molecule has 0 spiro atoms. The van der Waals surface area contributed by atoms with Gasteiger partial charge in [-0.1, -0.05) is 0 Å². The van der Waals surface area contributed by atoms with Crippen molar-refractivity contribution < 1.29 is 24.2 Å². The van der Waals surface area contributed by atoms with Crippen molar-refractivity contribution in [1.29, 1.82) is 0 Å². The van der Waals surface area contributed by atoms with E-state index >= 15 is 0 Å². The number of carboxylic acids is 1. The number of hydrogen-bond donors (Lipinski definition) is 2. The third-order valence-electron chi connectivity index (χ3n) is 2.20. The molecule has 0 aliphatic carbocycles. The summed E-state index contributed by atoms with van der Waals surface area (Å²) in [5.74, 6) is -1.50. The van der Waals surface area contributed by atoms with Gasteiger partial charge in [0, 0.05) is 13.1 Å². The minimum atomic E-state index is -0.999. The van der Waals surface area contributed by atoms with Crippen LogP contribution < -0.4 is 5.32 Å². The molecule has 0 bridgehead atoms. The Balaban J connectivity index is 2.13. The molecule has 0 aromatic rings. The number of carbonyl (C=O) groups is 2. The molecule has 92 valence electrons. The van der Waals surface area contributed by atoms with Gasteiger partial charge in [0.2, 0.25) is 0 Å². The van der Waals surface area contributed by atoms with E-state index in [9.17, 15) is 9.59 Å². The summed E-state index contributed by atoms with van der Waals surface area (Å²) < 4.78 is 10.4. The number of rotatable bonds is 5. The summed E-state index contributed by atoms with van der Waals surface area (Å²) in [7, 11) is 0. The summed E-state index contributed by atoms with van der Waals surface area (Å²) in [6, 6.07) is 0. The maximum Gasteiger partial charge on any atom is 0.306 e. The average molecular weight is 231 g/mol. The van der Waals surface area contributed by atoms with Crippen molar-refractivity contribution in [3.05, 3.63) is 0 Å². The quantitative estimate of drug-likeness (QED) is 0.636. The zero-order chi connectivity index (χ0) is 12.0. The molecule has 0 amide bonds. The van der Waals surface area contributed by atoms with E-state index < -0.39 is 11.9 Å². The van der Waals surface area contributed by atoms with Crippen LogP contribution in [0, 0.1) is 0 Å². The molecule has 2 atom stereocenters. The normalized spacial score (nSPS) is 25.1. The van der Waals surface area contributed by atoms with Crippen LogP contribution in [-0.2, 0) is 19.1 Å². The molecule has 6 nitrogen and oxygen atoms in total. The van der Waals surface area contributed by atoms with Gasteiger partial charge in [-0.25, -0.2) is 0 Å². The molecule has 1 fully saturated rings. The fraction of sp³-hybridized carbons (Fsp3) is 0.800. The third kappa shape index (κ3) is 5.09. The zero-order valence-electron chi connectivity index (χ0n) is 9.27. The lowest BCUT2D eigenvalue weighted by Gasteiger charge is -2.28. The topological polar surface area (TPSA) is 84.9 Å². The zero-order valence-corrected chi connectivity index (χ0v) is 9.27. The van der Waals surface area contributed by atoms with Crippen LogP contribution in [0.5, 0.6) is 0 Å². The minimum absolute atomic E-state index is 0.0922. The van der Waals surface area contributed by atoms with Gasteiger partial charge in [0.15, 0.2) is 0 Å². The molecule has 0 radical (unpaired) electrons. The smallest absolute Gasteiger partial charge is 0.306 e. The molecule has 1 aliphatic rings. The van der Waals surface area contributed by atoms with Crippen LogP contribution in [0.3, 0.4) is 0 Å². The molecule has 0 aromatic heterocycles. The van der Waals surface area contributed by atoms with Gasteiger partial charge in [0.1, 0.15) is 12.7 Å². The standard InChI is InChI=1S/C10H17NO5/c1-7-4-11-5-8(16-7)6-15-10(14)3-2-9(12)13/h7-8,11H,2-6H2,1H3,(H,12,13). The maximum absolute atomic E-state index is 11.1. The third-order valence-corrected chi connectivity index (χ3v) is 2.20. The molecular formula is C10H17NO5. The summed E-state index contributed by atoms with van der Waals surface area (Å²) in [6.45, 7) is 3.56. The Morgan fingerprint density at radius 1 is 1.44 bits per heavy atom. The maximum atomic E-state index is 11.1. The van der Waals surface area contributed by atoms with Gasteiger partial charge in [-0.2, -0.15) is 0 Å². The summed E-state index contributed by atoms with van der Waals surface area (Å²) >= 11 is 0. The average Bonchev–Trinajstić information content (AvgIpc) is 2.23. The Kier molecular flexibility index (Phi) is 5.21. The van der Waals surface area contributed by atoms with Gasteiger partial charge in [0.25, 0.3) is 0 Å². The molecular weight excluding hydrogens is 214 g/mol. The van der Waals surface area contributed by atoms with Gasteiger partial charge < -0.3 is 19.9 Å². The van der Waals surface area contributed by atoms with Crippen LogP contribution in [-0.4, -0.2) is 48.9 Å². The first-order valence-corrected chi connectivity index (χ1v) is 5.31. The molecule has 16 heavy (non-hydrogen) atoms. The number of aliphatic carboxylic acids is 1. The van der Waals surface area contributed by atoms with Crippen molar-refractivity contribution in [1.82, 2.24) is 5.32 Å². The van der Waals surface area contributed by atoms with Crippen LogP contribution in [0.4, 0.5) is 0 Å². The van der Waals surface area contributed by atoms with E-state index in [-0.39, 0.29) is 31.7 Å². The first-order chi connectivity index (χ1) is 7.58. The van der Waals surface area contributed by atoms with Crippen molar-refractivity contribution in [3.63, 3.8) is 0 Å². The molecule has 1 rings (SSSR count). The highest BCUT2D eigenvalue weighted by Gasteiger charge is 2.20. The number of esters is 1. The van der Waals surface area contributed by atoms with Gasteiger partial charge in [-0.3, -0.25) is 9.59 Å². The van der Waals surface area contributed by atoms with Crippen LogP contribution in [0.25, 0.3) is 0 Å². The summed E-state index contributed by atoms with van der Waals surface area (Å²) in [5, 5.41) is 11.5. The highest BCUT2D eigenvalue weighted by atomic mass is 16.6. The van der Waals surface area contributed by atoms with Crippen LogP contribution in [0.1, 0.15) is 19.8 Å². The van der Waals surface area contributed by atoms with Gasteiger partial charge in [-0.15, -0.1) is 0 Å². The summed E-state index contributed by atoms with van der Waals surface area (Å²) in [5.41, 5.74) is 0. The number of hydrogen-bond acceptors (Lipinski definition) is 5. The predicted molar refractivity (Wildman–Crippen MR) is 55.0 cm³/mol. The monoisotopic (exact) mass is 231 g/mol. The fourth-order valence-electron chi connectivity index (χ4n) is 1.44. The Hall–Kier alpha value is -1.14. The van der Waals surface area contributed by atoms with Crippen molar-refractivity contribution >= 4 is 11.9 Å². The second kappa shape index (κ2) is 6.44. The summed E-state index contributed by atoms with van der Waals surface area (Å²) in [4.78, 5) is 21.3. The van der Waals surface area contributed by atoms with E-state index in [1.165, 1.54) is 0 Å². The fourth-order valence-corrected chi connectivity index (χ4v) is 1.44. The van der Waals surface area contributed by atoms with E-state index in [0.717, 1.165) is 6.54 Å². The van der Waals surface area contributed by atoms with E-state index in [2.05, 4.69) is 5.32 Å². The number of ether oxygens (including phenoxy) is 2. The lowest BCUT2D eigenvalue weighted by molar-refractivity contribution is -0.153. The second-order valence-corrected chi connectivity index (χ2v) is 3.80. The molecule has 0 aromatic carbocycles. The highest BCUT2D eigenvalue weighted by Crippen LogP contribution is 2.04. The lowest BCUT2D eigenvalue weighted by Crippen LogP contribution is -2.45. The van der Waals surface area contributed by atoms with Gasteiger partial charge in [0.05, 0.1) is 18.9 Å². The van der Waals surface area contributed by atoms with E-state index in [4.69, 9.17) is 14.6 Å². The molecule has 0 saturated carbocycles. The Morgan fingerprint density at radius 2 is 2.19 bits per heavy atom. The van der Waals surface area contributed by atoms with Crippen molar-refractivity contribution in [2.75, 3.05) is 19.7 Å². The van der Waals surface area contributed by atoms with Crippen molar-refractivity contribution in [3.8, 4) is 0 Å². The number of nitrogens with one attached hydrogen (secondary N) is 1. The Bertz CT molecular complexity index is 256. The van der Waals surface area contributed by atoms with E-state index in [1.54, 1.807) is 0 Å². The predicted octanol–water partition coefficient (Wildman–Crippen LogP) is -0.229. The van der Waals surface area contributed by atoms with Crippen LogP contribution >= 0.6 is 0 Å². The first-order valence-electron chi connectivity index (χ1n) is 5.31. The van der Waals surface area contributed by atoms with Crippen LogP contribution in [0.2, 0.25) is 0 Å². The van der Waals surface area contributed by atoms with Crippen molar-refractivity contribution in [2.24, 2.45) is 0 Å². The summed E-state index contributed by atoms with van der Waals surface area (Å²) in [6.07, 6.45) is -0.321. The Labute approximate surface area is 93.9 Å². The van der Waals surface area contributed by atoms with Crippen LogP contribution in [0.15, 0.2) is 0 Å². The SMILES string of the molecule is CC1CNCC(COC(=O)CCC(=O)O)O1. The molecule has 2 N–H and O–H groups in total.